The van der Waals surface area contributed by atoms with Gasteiger partial charge in [-0.3, -0.25) is 13.7 Å². The highest BCUT2D eigenvalue weighted by atomic mass is 35.9. The molecule has 1 aromatic rings. The Hall–Kier alpha value is -0.440. The maximum atomic E-state index is 13.2. The lowest BCUT2D eigenvalue weighted by Crippen LogP contribution is -2.28. The predicted octanol–water partition coefficient (Wildman–Crippen LogP) is 3.01. The highest BCUT2D eigenvalue weighted by molar-refractivity contribution is 8.14. The lowest BCUT2D eigenvalue weighted by molar-refractivity contribution is -0.0386. The maximum absolute atomic E-state index is 13.2. The number of nitrogen functional groups attached to an aromatic ring is 1. The summed E-state index contributed by atoms with van der Waals surface area (Å²) in [5.41, 5.74) is 4.25. The van der Waals surface area contributed by atoms with Gasteiger partial charge in [-0.1, -0.05) is 0 Å². The Morgan fingerprint density at radius 2 is 2.12 bits per heavy atom. The molecule has 0 aliphatic carbocycles. The van der Waals surface area contributed by atoms with Gasteiger partial charge in [-0.2, -0.15) is 4.98 Å². The van der Waals surface area contributed by atoms with Crippen molar-refractivity contribution in [2.75, 3.05) is 18.2 Å². The fraction of sp³-hybridized carbons (Fsp3) is 0.455. The molecular formula is C11H13Cl3FN3O6P2. The zero-order valence-corrected chi connectivity index (χ0v) is 16.8. The second-order valence-electron chi connectivity index (χ2n) is 5.22. The Kier molecular flexibility index (Phi) is 6.97. The van der Waals surface area contributed by atoms with Crippen LogP contribution in [0.5, 0.6) is 0 Å². The van der Waals surface area contributed by atoms with Crippen LogP contribution in [0, 0.1) is 0 Å². The predicted molar refractivity (Wildman–Crippen MR) is 95.6 cm³/mol. The smallest absolute Gasteiger partial charge is 0.351 e. The van der Waals surface area contributed by atoms with Crippen molar-refractivity contribution in [2.24, 2.45) is 0 Å². The third kappa shape index (κ3) is 5.53. The van der Waals surface area contributed by atoms with E-state index in [-0.39, 0.29) is 17.7 Å². The third-order valence-corrected chi connectivity index (χ3v) is 9.66. The first-order chi connectivity index (χ1) is 11.9. The van der Waals surface area contributed by atoms with Crippen molar-refractivity contribution in [3.05, 3.63) is 34.7 Å². The van der Waals surface area contributed by atoms with E-state index in [1.54, 1.807) is 0 Å². The van der Waals surface area contributed by atoms with Crippen molar-refractivity contribution in [2.45, 2.75) is 18.4 Å². The molecule has 0 spiro atoms. The van der Waals surface area contributed by atoms with Crippen LogP contribution in [0.1, 0.15) is 6.23 Å². The van der Waals surface area contributed by atoms with E-state index < -0.39 is 49.2 Å². The van der Waals surface area contributed by atoms with Crippen LogP contribution in [0.3, 0.4) is 0 Å². The van der Waals surface area contributed by atoms with E-state index in [1.807, 2.05) is 0 Å². The van der Waals surface area contributed by atoms with Crippen molar-refractivity contribution < 1.29 is 27.9 Å². The molecule has 1 aliphatic rings. The molecule has 2 heterocycles. The number of nitrogens with two attached hydrogens (primary N) is 1. The molecule has 1 fully saturated rings. The Labute approximate surface area is 161 Å². The van der Waals surface area contributed by atoms with E-state index in [4.69, 9.17) is 48.7 Å². The summed E-state index contributed by atoms with van der Waals surface area (Å²) in [6, 6.07) is 1.28. The van der Waals surface area contributed by atoms with Crippen LogP contribution in [-0.4, -0.2) is 39.4 Å². The normalized spacial score (nSPS) is 27.6. The van der Waals surface area contributed by atoms with Crippen LogP contribution < -0.4 is 11.4 Å². The molecule has 9 nitrogen and oxygen atoms in total. The van der Waals surface area contributed by atoms with Crippen LogP contribution >= 0.6 is 46.3 Å². The first kappa shape index (κ1) is 21.9. The van der Waals surface area contributed by atoms with E-state index in [9.17, 15) is 23.4 Å². The van der Waals surface area contributed by atoms with Crippen molar-refractivity contribution in [1.82, 2.24) is 9.55 Å². The van der Waals surface area contributed by atoms with Crippen LogP contribution in [0.15, 0.2) is 29.0 Å². The van der Waals surface area contributed by atoms with Crippen molar-refractivity contribution in [3.63, 3.8) is 0 Å². The molecule has 146 valence electrons. The summed E-state index contributed by atoms with van der Waals surface area (Å²) in [5, 5.41) is 10.1. The quantitative estimate of drug-likeness (QED) is 0.606. The average molecular weight is 471 g/mol. The van der Waals surface area contributed by atoms with E-state index in [2.05, 4.69) is 4.98 Å². The molecule has 0 aromatic carbocycles. The minimum absolute atomic E-state index is 0.0508. The SMILES string of the molecule is Nc1ccn([C@@H]2O[C@H](COP(=O)(Cl)CP(=O)(Cl)Cl)C(O)/C2=C\F)c(=O)n1. The molecule has 1 saturated heterocycles. The standard InChI is InChI=1S/C11H13Cl3FN3O6P2/c12-25(13,21)5-26(14,22)23-4-7-9(19)6(3-15)10(24-7)18-2-1-8(16)17-11(18)20/h1-3,7,9-10,19H,4-5H2,(H2,16,17,20)/b6-3+/t7-,9?,10-,26?/m1/s1. The van der Waals surface area contributed by atoms with Gasteiger partial charge in [-0.25, -0.2) is 9.18 Å². The zero-order chi connectivity index (χ0) is 19.7. The Morgan fingerprint density at radius 3 is 2.65 bits per heavy atom. The number of anilines is 1. The molecule has 1 aromatic heterocycles. The van der Waals surface area contributed by atoms with Crippen LogP contribution in [-0.2, 0) is 18.4 Å². The number of nitrogens with zero attached hydrogens (tertiary/aromatic N) is 2. The number of halogens is 4. The van der Waals surface area contributed by atoms with E-state index in [0.29, 0.717) is 0 Å². The highest BCUT2D eigenvalue weighted by Gasteiger charge is 2.42. The molecule has 26 heavy (non-hydrogen) atoms. The van der Waals surface area contributed by atoms with Gasteiger partial charge in [0.1, 0.15) is 23.9 Å². The van der Waals surface area contributed by atoms with Crippen LogP contribution in [0.2, 0.25) is 0 Å². The van der Waals surface area contributed by atoms with Crippen LogP contribution in [0.25, 0.3) is 0 Å². The monoisotopic (exact) mass is 469 g/mol. The largest absolute Gasteiger partial charge is 0.386 e. The summed E-state index contributed by atoms with van der Waals surface area (Å²) < 4.78 is 47.7. The van der Waals surface area contributed by atoms with Gasteiger partial charge in [-0.05, 0) is 39.8 Å². The van der Waals surface area contributed by atoms with Crippen molar-refractivity contribution >= 4 is 52.1 Å². The zero-order valence-electron chi connectivity index (χ0n) is 12.7. The van der Waals surface area contributed by atoms with Gasteiger partial charge in [-0.15, -0.1) is 0 Å². The molecule has 1 aliphatic heterocycles. The fourth-order valence-corrected chi connectivity index (χ4v) is 9.49. The number of rotatable bonds is 6. The van der Waals surface area contributed by atoms with Gasteiger partial charge < -0.3 is 20.1 Å². The number of hydrogen-bond donors (Lipinski definition) is 2. The lowest BCUT2D eigenvalue weighted by atomic mass is 10.1. The summed E-state index contributed by atoms with van der Waals surface area (Å²) in [6.45, 7) is -4.55. The maximum Gasteiger partial charge on any atom is 0.351 e. The first-order valence-electron chi connectivity index (χ1n) is 6.83. The van der Waals surface area contributed by atoms with Gasteiger partial charge in [0.25, 0.3) is 12.6 Å². The van der Waals surface area contributed by atoms with E-state index in [0.717, 1.165) is 4.57 Å². The molecule has 0 bridgehead atoms. The molecule has 3 N–H and O–H groups in total. The molecule has 2 unspecified atom stereocenters. The van der Waals surface area contributed by atoms with Gasteiger partial charge in [0.2, 0.25) is 0 Å². The number of ether oxygens (including phenoxy) is 1. The van der Waals surface area contributed by atoms with Gasteiger partial charge >= 0.3 is 5.69 Å². The topological polar surface area (TPSA) is 134 Å². The van der Waals surface area contributed by atoms with E-state index >= 15 is 0 Å². The number of aliphatic hydroxyl groups excluding tert-OH is 1. The molecule has 2 rings (SSSR count). The lowest BCUT2D eigenvalue weighted by Gasteiger charge is -2.18. The van der Waals surface area contributed by atoms with Gasteiger partial charge in [0, 0.05) is 11.8 Å². The fourth-order valence-electron chi connectivity index (χ4n) is 2.18. The first-order valence-corrected chi connectivity index (χ1v) is 13.3. The summed E-state index contributed by atoms with van der Waals surface area (Å²) in [4.78, 5) is 15.4. The minimum Gasteiger partial charge on any atom is -0.386 e. The molecule has 0 radical (unpaired) electrons. The van der Waals surface area contributed by atoms with Gasteiger partial charge in [0.15, 0.2) is 6.23 Å². The third-order valence-electron chi connectivity index (χ3n) is 3.28. The second-order valence-corrected chi connectivity index (χ2v) is 14.3. The summed E-state index contributed by atoms with van der Waals surface area (Å²) in [6.07, 6.45) is -2.82. The van der Waals surface area contributed by atoms with Crippen molar-refractivity contribution in [3.8, 4) is 0 Å². The van der Waals surface area contributed by atoms with Crippen molar-refractivity contribution in [1.29, 1.82) is 0 Å². The molecule has 4 atom stereocenters. The Bertz CT molecular complexity index is 862. The van der Waals surface area contributed by atoms with Crippen LogP contribution in [0.4, 0.5) is 10.2 Å². The molecule has 0 saturated carbocycles. The minimum atomic E-state index is -3.99. The molecule has 0 amide bonds. The summed E-state index contributed by atoms with van der Waals surface area (Å²) in [7, 11) is 0. The molecular weight excluding hydrogens is 457 g/mol. The second kappa shape index (κ2) is 8.29. The summed E-state index contributed by atoms with van der Waals surface area (Å²) in [5.74, 6) is -4.62. The average Bonchev–Trinajstić information content (AvgIpc) is 2.79. The Balaban J connectivity index is 2.16. The molecule has 15 heteroatoms. The number of aromatic nitrogens is 2. The Morgan fingerprint density at radius 1 is 1.46 bits per heavy atom. The number of hydrogen-bond acceptors (Lipinski definition) is 8. The summed E-state index contributed by atoms with van der Waals surface area (Å²) >= 11 is 16.2. The van der Waals surface area contributed by atoms with E-state index in [1.165, 1.54) is 12.3 Å². The highest BCUT2D eigenvalue weighted by Crippen LogP contribution is 2.70. The van der Waals surface area contributed by atoms with Gasteiger partial charge in [0.05, 0.1) is 12.9 Å². The number of aliphatic hydroxyl groups is 1.